The Morgan fingerprint density at radius 1 is 1.13 bits per heavy atom. The maximum atomic E-state index is 11.8. The van der Waals surface area contributed by atoms with Crippen LogP contribution in [-0.2, 0) is 16.1 Å². The summed E-state index contributed by atoms with van der Waals surface area (Å²) in [5.41, 5.74) is 0.924. The first-order chi connectivity index (χ1) is 11.1. The number of pyridine rings is 1. The fraction of sp³-hybridized carbons (Fsp3) is 0.118. The van der Waals surface area contributed by atoms with E-state index in [0.29, 0.717) is 11.3 Å². The van der Waals surface area contributed by atoms with E-state index in [1.165, 1.54) is 16.8 Å². The molecule has 0 saturated heterocycles. The number of hydrogen-bond donors (Lipinski definition) is 2. The second-order valence-corrected chi connectivity index (χ2v) is 4.72. The lowest BCUT2D eigenvalue weighted by Gasteiger charge is -2.08. The zero-order valence-corrected chi connectivity index (χ0v) is 12.3. The summed E-state index contributed by atoms with van der Waals surface area (Å²) < 4.78 is 1.25. The number of terminal acetylenes is 1. The molecule has 0 aliphatic rings. The second-order valence-electron chi connectivity index (χ2n) is 4.72. The lowest BCUT2D eigenvalue weighted by atomic mass is 10.2. The van der Waals surface area contributed by atoms with Crippen LogP contribution in [0.25, 0.3) is 0 Å². The number of carbonyl (C=O) groups excluding carboxylic acids is 2. The van der Waals surface area contributed by atoms with E-state index in [4.69, 9.17) is 6.42 Å². The molecular weight excluding hydrogens is 294 g/mol. The maximum Gasteiger partial charge on any atom is 0.250 e. The molecule has 6 heteroatoms. The molecule has 2 amide bonds. The third-order valence-electron chi connectivity index (χ3n) is 2.97. The smallest absolute Gasteiger partial charge is 0.250 e. The topological polar surface area (TPSA) is 80.2 Å². The van der Waals surface area contributed by atoms with Crippen LogP contribution in [0.1, 0.15) is 5.56 Å². The number of hydrogen-bond acceptors (Lipinski definition) is 3. The normalized spacial score (nSPS) is 9.70. The molecule has 0 atom stereocenters. The Bertz CT molecular complexity index is 818. The molecule has 0 unspecified atom stereocenters. The molecule has 2 aromatic rings. The van der Waals surface area contributed by atoms with Crippen LogP contribution in [-0.4, -0.2) is 22.9 Å². The fourth-order valence-corrected chi connectivity index (χ4v) is 1.87. The van der Waals surface area contributed by atoms with Crippen molar-refractivity contribution in [1.29, 1.82) is 0 Å². The summed E-state index contributed by atoms with van der Waals surface area (Å²) in [4.78, 5) is 35.0. The molecule has 2 N–H and O–H groups in total. The summed E-state index contributed by atoms with van der Waals surface area (Å²) in [6.07, 6.45) is 6.79. The molecule has 0 radical (unpaired) electrons. The maximum absolute atomic E-state index is 11.8. The molecular formula is C17H15N3O3. The number of carbonyl (C=O) groups is 2. The quantitative estimate of drug-likeness (QED) is 0.793. The zero-order chi connectivity index (χ0) is 16.7. The highest BCUT2D eigenvalue weighted by molar-refractivity contribution is 5.94. The van der Waals surface area contributed by atoms with Crippen LogP contribution in [0.15, 0.2) is 53.5 Å². The van der Waals surface area contributed by atoms with Crippen molar-refractivity contribution in [2.24, 2.45) is 0 Å². The van der Waals surface area contributed by atoms with E-state index in [1.54, 1.807) is 36.4 Å². The summed E-state index contributed by atoms with van der Waals surface area (Å²) in [7, 11) is 0. The van der Waals surface area contributed by atoms with E-state index in [1.807, 2.05) is 0 Å². The monoisotopic (exact) mass is 309 g/mol. The van der Waals surface area contributed by atoms with Crippen LogP contribution in [0.2, 0.25) is 0 Å². The van der Waals surface area contributed by atoms with Gasteiger partial charge in [-0.1, -0.05) is 18.1 Å². The number of nitrogens with zero attached hydrogens (tertiary/aromatic N) is 1. The molecule has 0 fully saturated rings. The van der Waals surface area contributed by atoms with Crippen LogP contribution in [0, 0.1) is 12.3 Å². The second kappa shape index (κ2) is 7.61. The summed E-state index contributed by atoms with van der Waals surface area (Å²) >= 11 is 0. The average molecular weight is 309 g/mol. The molecule has 2 rings (SSSR count). The summed E-state index contributed by atoms with van der Waals surface area (Å²) in [5.74, 6) is 1.66. The minimum atomic E-state index is -0.425. The first-order valence-corrected chi connectivity index (χ1v) is 6.87. The van der Waals surface area contributed by atoms with Crippen LogP contribution in [0.3, 0.4) is 0 Å². The van der Waals surface area contributed by atoms with Gasteiger partial charge in [0.2, 0.25) is 11.8 Å². The molecule has 23 heavy (non-hydrogen) atoms. The highest BCUT2D eigenvalue weighted by Gasteiger charge is 2.07. The third-order valence-corrected chi connectivity index (χ3v) is 2.97. The van der Waals surface area contributed by atoms with Gasteiger partial charge in [-0.05, 0) is 24.3 Å². The molecule has 0 aliphatic carbocycles. The fourth-order valence-electron chi connectivity index (χ4n) is 1.87. The van der Waals surface area contributed by atoms with Gasteiger partial charge in [0.15, 0.2) is 0 Å². The van der Waals surface area contributed by atoms with E-state index in [-0.39, 0.29) is 24.6 Å². The van der Waals surface area contributed by atoms with Crippen molar-refractivity contribution < 1.29 is 9.59 Å². The first-order valence-electron chi connectivity index (χ1n) is 6.87. The first kappa shape index (κ1) is 16.0. The minimum absolute atomic E-state index is 0.139. The predicted octanol–water partition coefficient (Wildman–Crippen LogP) is 0.584. The van der Waals surface area contributed by atoms with Crippen LogP contribution in [0.4, 0.5) is 5.69 Å². The summed E-state index contributed by atoms with van der Waals surface area (Å²) in [6, 6.07) is 11.4. The third kappa shape index (κ3) is 4.86. The van der Waals surface area contributed by atoms with Crippen LogP contribution >= 0.6 is 0 Å². The van der Waals surface area contributed by atoms with E-state index in [0.717, 1.165) is 0 Å². The molecule has 1 heterocycles. The molecule has 6 nitrogen and oxygen atoms in total. The minimum Gasteiger partial charge on any atom is -0.345 e. The van der Waals surface area contributed by atoms with Gasteiger partial charge in [0.05, 0.1) is 6.54 Å². The van der Waals surface area contributed by atoms with Gasteiger partial charge in [0.25, 0.3) is 5.56 Å². The highest BCUT2D eigenvalue weighted by atomic mass is 16.2. The molecule has 0 aliphatic heterocycles. The number of anilines is 1. The van der Waals surface area contributed by atoms with Gasteiger partial charge in [-0.15, -0.1) is 6.42 Å². The van der Waals surface area contributed by atoms with Gasteiger partial charge in [-0.3, -0.25) is 14.4 Å². The Kier molecular flexibility index (Phi) is 5.31. The van der Waals surface area contributed by atoms with E-state index < -0.39 is 5.91 Å². The lowest BCUT2D eigenvalue weighted by molar-refractivity contribution is -0.124. The van der Waals surface area contributed by atoms with Gasteiger partial charge in [-0.2, -0.15) is 0 Å². The summed E-state index contributed by atoms with van der Waals surface area (Å²) in [6.45, 7) is -0.333. The van der Waals surface area contributed by atoms with Crippen molar-refractivity contribution >= 4 is 17.5 Å². The van der Waals surface area contributed by atoms with Crippen molar-refractivity contribution in [2.45, 2.75) is 6.54 Å². The number of benzene rings is 1. The highest BCUT2D eigenvalue weighted by Crippen LogP contribution is 2.09. The standard InChI is InChI=1S/C17H15N3O3/c1-2-13-6-5-7-14(10-13)19-15(21)11-18-16(22)12-20-9-4-3-8-17(20)23/h1,3-10H,11-12H2,(H,18,22)(H,19,21). The Labute approximate surface area is 133 Å². The molecule has 0 saturated carbocycles. The van der Waals surface area contributed by atoms with Gasteiger partial charge >= 0.3 is 0 Å². The Hall–Kier alpha value is -3.33. The number of nitrogens with one attached hydrogen (secondary N) is 2. The largest absolute Gasteiger partial charge is 0.345 e. The summed E-state index contributed by atoms with van der Waals surface area (Å²) in [5, 5.41) is 5.09. The number of rotatable bonds is 5. The molecule has 0 spiro atoms. The van der Waals surface area contributed by atoms with E-state index in [2.05, 4.69) is 16.6 Å². The molecule has 1 aromatic carbocycles. The lowest BCUT2D eigenvalue weighted by Crippen LogP contribution is -2.36. The Morgan fingerprint density at radius 3 is 2.70 bits per heavy atom. The van der Waals surface area contributed by atoms with E-state index >= 15 is 0 Å². The van der Waals surface area contributed by atoms with Gasteiger partial charge in [0.1, 0.15) is 6.54 Å². The molecule has 1 aromatic heterocycles. The Balaban J connectivity index is 1.84. The average Bonchev–Trinajstić information content (AvgIpc) is 2.55. The SMILES string of the molecule is C#Cc1cccc(NC(=O)CNC(=O)Cn2ccccc2=O)c1. The molecule has 116 valence electrons. The number of amides is 2. The van der Waals surface area contributed by atoms with Gasteiger partial charge < -0.3 is 15.2 Å². The van der Waals surface area contributed by atoms with Crippen LogP contribution in [0.5, 0.6) is 0 Å². The van der Waals surface area contributed by atoms with Gasteiger partial charge in [0, 0.05) is 23.5 Å². The van der Waals surface area contributed by atoms with Crippen molar-refractivity contribution in [3.8, 4) is 12.3 Å². The molecule has 0 bridgehead atoms. The van der Waals surface area contributed by atoms with Gasteiger partial charge in [-0.25, -0.2) is 0 Å². The van der Waals surface area contributed by atoms with Crippen molar-refractivity contribution in [2.75, 3.05) is 11.9 Å². The van der Waals surface area contributed by atoms with Crippen molar-refractivity contribution in [3.05, 3.63) is 64.6 Å². The van der Waals surface area contributed by atoms with Crippen LogP contribution < -0.4 is 16.2 Å². The zero-order valence-electron chi connectivity index (χ0n) is 12.3. The van der Waals surface area contributed by atoms with Crippen molar-refractivity contribution in [1.82, 2.24) is 9.88 Å². The Morgan fingerprint density at radius 2 is 1.96 bits per heavy atom. The predicted molar refractivity (Wildman–Crippen MR) is 86.7 cm³/mol. The van der Waals surface area contributed by atoms with Crippen molar-refractivity contribution in [3.63, 3.8) is 0 Å². The van der Waals surface area contributed by atoms with E-state index in [9.17, 15) is 14.4 Å². The number of aromatic nitrogens is 1.